The first kappa shape index (κ1) is 15.2. The van der Waals surface area contributed by atoms with Crippen molar-refractivity contribution in [3.8, 4) is 0 Å². The third-order valence-electron chi connectivity index (χ3n) is 3.52. The molecule has 0 aromatic rings. The van der Waals surface area contributed by atoms with Crippen molar-refractivity contribution in [1.29, 1.82) is 0 Å². The molecule has 0 aliphatic heterocycles. The van der Waals surface area contributed by atoms with Crippen molar-refractivity contribution < 1.29 is 9.59 Å². The van der Waals surface area contributed by atoms with Crippen molar-refractivity contribution in [3.05, 3.63) is 0 Å². The van der Waals surface area contributed by atoms with Crippen molar-refractivity contribution in [1.82, 2.24) is 10.6 Å². The summed E-state index contributed by atoms with van der Waals surface area (Å²) in [6.45, 7) is 1.04. The number of carbonyl (C=O) groups is 2. The minimum atomic E-state index is 0. The molecule has 4 N–H and O–H groups in total. The fraction of sp³-hybridized carbons (Fsp3) is 0.833. The Morgan fingerprint density at radius 3 is 1.89 bits per heavy atom. The fourth-order valence-electron chi connectivity index (χ4n) is 2.26. The second-order valence-electron chi connectivity index (χ2n) is 5.13. The van der Waals surface area contributed by atoms with Gasteiger partial charge in [0.15, 0.2) is 0 Å². The van der Waals surface area contributed by atoms with Crippen molar-refractivity contribution in [3.63, 3.8) is 0 Å². The third kappa shape index (κ3) is 4.46. The molecule has 0 aromatic heterocycles. The van der Waals surface area contributed by atoms with E-state index >= 15 is 0 Å². The lowest BCUT2D eigenvalue weighted by molar-refractivity contribution is -0.125. The zero-order chi connectivity index (χ0) is 12.3. The number of halogens is 1. The molecule has 2 aliphatic carbocycles. The fourth-order valence-corrected chi connectivity index (χ4v) is 2.26. The van der Waals surface area contributed by atoms with Crippen LogP contribution in [0.15, 0.2) is 0 Å². The van der Waals surface area contributed by atoms with Crippen LogP contribution >= 0.6 is 12.4 Å². The summed E-state index contributed by atoms with van der Waals surface area (Å²) < 4.78 is 0. The first-order valence-electron chi connectivity index (χ1n) is 6.48. The molecule has 0 bridgehead atoms. The zero-order valence-electron chi connectivity index (χ0n) is 10.5. The first-order chi connectivity index (χ1) is 8.16. The van der Waals surface area contributed by atoms with Crippen LogP contribution in [-0.2, 0) is 9.59 Å². The summed E-state index contributed by atoms with van der Waals surface area (Å²) in [5, 5.41) is 5.67. The molecule has 0 saturated heterocycles. The number of nitrogens with two attached hydrogens (primary N) is 1. The third-order valence-corrected chi connectivity index (χ3v) is 3.52. The highest BCUT2D eigenvalue weighted by Crippen LogP contribution is 2.28. The standard InChI is InChI=1S/C12H21N3O2.ClH/c13-10-4-3-9(7-10)12(17)15-6-5-14-11(16)8-1-2-8;/h8-10H,1-7,13H2,(H,14,16)(H,15,17);1H. The Morgan fingerprint density at radius 2 is 1.44 bits per heavy atom. The van der Waals surface area contributed by atoms with Gasteiger partial charge in [-0.1, -0.05) is 0 Å². The van der Waals surface area contributed by atoms with Crippen LogP contribution in [0.3, 0.4) is 0 Å². The van der Waals surface area contributed by atoms with Gasteiger partial charge in [0.25, 0.3) is 0 Å². The lowest BCUT2D eigenvalue weighted by atomic mass is 10.1. The number of amides is 2. The minimum absolute atomic E-state index is 0. The van der Waals surface area contributed by atoms with Gasteiger partial charge in [-0.3, -0.25) is 9.59 Å². The van der Waals surface area contributed by atoms with E-state index in [-0.39, 0.29) is 42.1 Å². The van der Waals surface area contributed by atoms with Gasteiger partial charge in [-0.25, -0.2) is 0 Å². The van der Waals surface area contributed by atoms with Crippen LogP contribution in [-0.4, -0.2) is 30.9 Å². The molecule has 2 amide bonds. The predicted molar refractivity (Wildman–Crippen MR) is 71.3 cm³/mol. The molecule has 5 nitrogen and oxygen atoms in total. The largest absolute Gasteiger partial charge is 0.354 e. The molecular weight excluding hydrogens is 254 g/mol. The molecule has 2 unspecified atom stereocenters. The smallest absolute Gasteiger partial charge is 0.223 e. The van der Waals surface area contributed by atoms with Crippen molar-refractivity contribution >= 4 is 24.2 Å². The van der Waals surface area contributed by atoms with Crippen LogP contribution in [0.5, 0.6) is 0 Å². The maximum absolute atomic E-state index is 11.7. The monoisotopic (exact) mass is 275 g/mol. The van der Waals surface area contributed by atoms with Gasteiger partial charge >= 0.3 is 0 Å². The van der Waals surface area contributed by atoms with Crippen molar-refractivity contribution in [2.24, 2.45) is 17.6 Å². The summed E-state index contributed by atoms with van der Waals surface area (Å²) in [4.78, 5) is 23.0. The molecule has 0 heterocycles. The second kappa shape index (κ2) is 6.95. The second-order valence-corrected chi connectivity index (χ2v) is 5.13. The lowest BCUT2D eigenvalue weighted by Crippen LogP contribution is -2.37. The van der Waals surface area contributed by atoms with Gasteiger partial charge in [0.05, 0.1) is 0 Å². The summed E-state index contributed by atoms with van der Waals surface area (Å²) in [7, 11) is 0. The number of rotatable bonds is 5. The van der Waals surface area contributed by atoms with E-state index in [4.69, 9.17) is 5.73 Å². The van der Waals surface area contributed by atoms with Crippen LogP contribution < -0.4 is 16.4 Å². The topological polar surface area (TPSA) is 84.2 Å². The first-order valence-corrected chi connectivity index (χ1v) is 6.48. The molecule has 2 aliphatic rings. The average Bonchev–Trinajstić information content (AvgIpc) is 3.07. The zero-order valence-corrected chi connectivity index (χ0v) is 11.3. The van der Waals surface area contributed by atoms with Crippen molar-refractivity contribution in [2.75, 3.05) is 13.1 Å². The van der Waals surface area contributed by atoms with Gasteiger partial charge in [0.2, 0.25) is 11.8 Å². The highest BCUT2D eigenvalue weighted by Gasteiger charge is 2.29. The van der Waals surface area contributed by atoms with Gasteiger partial charge < -0.3 is 16.4 Å². The van der Waals surface area contributed by atoms with Crippen LogP contribution in [0, 0.1) is 11.8 Å². The average molecular weight is 276 g/mol. The molecule has 0 spiro atoms. The minimum Gasteiger partial charge on any atom is -0.354 e. The normalized spacial score (nSPS) is 26.3. The molecule has 2 fully saturated rings. The van der Waals surface area contributed by atoms with Crippen LogP contribution in [0.1, 0.15) is 32.1 Å². The van der Waals surface area contributed by atoms with E-state index in [1.165, 1.54) is 0 Å². The van der Waals surface area contributed by atoms with Gasteiger partial charge in [0, 0.05) is 31.0 Å². The molecule has 104 valence electrons. The van der Waals surface area contributed by atoms with E-state index in [0.717, 1.165) is 32.1 Å². The summed E-state index contributed by atoms with van der Waals surface area (Å²) >= 11 is 0. The Kier molecular flexibility index (Phi) is 5.88. The highest BCUT2D eigenvalue weighted by molar-refractivity contribution is 5.85. The number of carbonyl (C=O) groups excluding carboxylic acids is 2. The van der Waals surface area contributed by atoms with Gasteiger partial charge in [-0.2, -0.15) is 0 Å². The maximum atomic E-state index is 11.7. The highest BCUT2D eigenvalue weighted by atomic mass is 35.5. The Balaban J connectivity index is 0.00000162. The number of hydrogen-bond donors (Lipinski definition) is 3. The lowest BCUT2D eigenvalue weighted by Gasteiger charge is -2.11. The molecule has 2 atom stereocenters. The van der Waals surface area contributed by atoms with E-state index in [9.17, 15) is 9.59 Å². The van der Waals surface area contributed by atoms with Crippen LogP contribution in [0.4, 0.5) is 0 Å². The van der Waals surface area contributed by atoms with Gasteiger partial charge in [-0.15, -0.1) is 12.4 Å². The quantitative estimate of drug-likeness (QED) is 0.626. The van der Waals surface area contributed by atoms with Crippen LogP contribution in [0.2, 0.25) is 0 Å². The van der Waals surface area contributed by atoms with Crippen LogP contribution in [0.25, 0.3) is 0 Å². The molecular formula is C12H22ClN3O2. The Labute approximate surface area is 114 Å². The molecule has 2 rings (SSSR count). The number of hydrogen-bond acceptors (Lipinski definition) is 3. The molecule has 0 aromatic carbocycles. The van der Waals surface area contributed by atoms with E-state index in [0.29, 0.717) is 13.1 Å². The van der Waals surface area contributed by atoms with E-state index < -0.39 is 0 Å². The Hall–Kier alpha value is -0.810. The van der Waals surface area contributed by atoms with E-state index in [2.05, 4.69) is 10.6 Å². The summed E-state index contributed by atoms with van der Waals surface area (Å²) in [6, 6.07) is 0.181. The molecule has 6 heteroatoms. The SMILES string of the molecule is Cl.NC1CCC(C(=O)NCCNC(=O)C2CC2)C1. The Bertz CT molecular complexity index is 308. The molecule has 0 radical (unpaired) electrons. The van der Waals surface area contributed by atoms with Gasteiger partial charge in [-0.05, 0) is 32.1 Å². The predicted octanol–water partition coefficient (Wildman–Crippen LogP) is 0.178. The number of nitrogens with one attached hydrogen (secondary N) is 2. The summed E-state index contributed by atoms with van der Waals surface area (Å²) in [5.41, 5.74) is 5.76. The van der Waals surface area contributed by atoms with Gasteiger partial charge in [0.1, 0.15) is 0 Å². The van der Waals surface area contributed by atoms with E-state index in [1.807, 2.05) is 0 Å². The van der Waals surface area contributed by atoms with Crippen molar-refractivity contribution in [2.45, 2.75) is 38.1 Å². The summed E-state index contributed by atoms with van der Waals surface area (Å²) in [6.07, 6.45) is 4.65. The molecule has 18 heavy (non-hydrogen) atoms. The maximum Gasteiger partial charge on any atom is 0.223 e. The Morgan fingerprint density at radius 1 is 0.944 bits per heavy atom. The van der Waals surface area contributed by atoms with E-state index in [1.54, 1.807) is 0 Å². The summed E-state index contributed by atoms with van der Waals surface area (Å²) in [5.74, 6) is 0.517. The molecule has 2 saturated carbocycles.